The van der Waals surface area contributed by atoms with E-state index in [1.807, 2.05) is 64.1 Å². The van der Waals surface area contributed by atoms with Gasteiger partial charge in [0.15, 0.2) is 0 Å². The fraction of sp³-hybridized carbons (Fsp3) is 0.273. The second-order valence-electron chi connectivity index (χ2n) is 6.89. The average molecular weight is 348 g/mol. The van der Waals surface area contributed by atoms with Gasteiger partial charge in [-0.1, -0.05) is 24.3 Å². The zero-order valence-electron chi connectivity index (χ0n) is 15.7. The molecule has 1 aromatic heterocycles. The van der Waals surface area contributed by atoms with E-state index in [4.69, 9.17) is 0 Å². The van der Waals surface area contributed by atoms with Crippen molar-refractivity contribution in [1.29, 1.82) is 0 Å². The molecule has 4 nitrogen and oxygen atoms in total. The highest BCUT2D eigenvalue weighted by atomic mass is 16.1. The lowest BCUT2D eigenvalue weighted by molar-refractivity contribution is -0.116. The molecule has 0 aliphatic carbocycles. The van der Waals surface area contributed by atoms with Crippen LogP contribution >= 0.6 is 0 Å². The maximum absolute atomic E-state index is 12.5. The van der Waals surface area contributed by atoms with E-state index in [9.17, 15) is 9.59 Å². The third-order valence-corrected chi connectivity index (χ3v) is 4.89. The smallest absolute Gasteiger partial charge is 0.251 e. The molecule has 3 rings (SSSR count). The summed E-state index contributed by atoms with van der Waals surface area (Å²) in [5, 5.41) is 3.97. The molecule has 0 spiro atoms. The van der Waals surface area contributed by atoms with Gasteiger partial charge in [-0.3, -0.25) is 9.59 Å². The molecule has 0 saturated heterocycles. The number of para-hydroxylation sites is 1. The predicted molar refractivity (Wildman–Crippen MR) is 107 cm³/mol. The first kappa shape index (κ1) is 17.9. The number of hydrogen-bond donors (Lipinski definition) is 1. The van der Waals surface area contributed by atoms with Gasteiger partial charge in [-0.15, -0.1) is 0 Å². The number of pyridine rings is 1. The van der Waals surface area contributed by atoms with Crippen molar-refractivity contribution >= 4 is 22.5 Å². The Morgan fingerprint density at radius 1 is 0.923 bits per heavy atom. The van der Waals surface area contributed by atoms with Crippen LogP contribution in [0.25, 0.3) is 10.9 Å². The monoisotopic (exact) mass is 348 g/mol. The van der Waals surface area contributed by atoms with Crippen LogP contribution in [-0.2, 0) is 11.3 Å². The van der Waals surface area contributed by atoms with Gasteiger partial charge in [-0.2, -0.15) is 0 Å². The van der Waals surface area contributed by atoms with Crippen LogP contribution in [0.15, 0.2) is 47.3 Å². The Labute approximate surface area is 153 Å². The predicted octanol–water partition coefficient (Wildman–Crippen LogP) is 4.26. The Bertz CT molecular complexity index is 1050. The molecule has 0 atom stereocenters. The lowest BCUT2D eigenvalue weighted by atomic mass is 10.1. The van der Waals surface area contributed by atoms with E-state index in [1.165, 1.54) is 5.56 Å². The molecular weight excluding hydrogens is 324 g/mol. The molecule has 1 amide bonds. The second kappa shape index (κ2) is 7.16. The van der Waals surface area contributed by atoms with E-state index in [2.05, 4.69) is 5.32 Å². The molecule has 0 bridgehead atoms. The van der Waals surface area contributed by atoms with Crippen LogP contribution in [0.1, 0.15) is 28.7 Å². The lowest BCUT2D eigenvalue weighted by Gasteiger charge is -2.14. The van der Waals surface area contributed by atoms with Crippen LogP contribution in [0, 0.1) is 27.7 Å². The first-order valence-corrected chi connectivity index (χ1v) is 8.83. The Hall–Kier alpha value is -2.88. The van der Waals surface area contributed by atoms with Gasteiger partial charge in [0.25, 0.3) is 5.56 Å². The molecule has 134 valence electrons. The minimum Gasteiger partial charge on any atom is -0.326 e. The molecule has 3 aromatic rings. The molecule has 1 heterocycles. The number of anilines is 1. The second-order valence-corrected chi connectivity index (χ2v) is 6.89. The highest BCUT2D eigenvalue weighted by Crippen LogP contribution is 2.20. The van der Waals surface area contributed by atoms with E-state index < -0.39 is 0 Å². The number of nitrogens with zero attached hydrogens (tertiary/aromatic N) is 1. The van der Waals surface area contributed by atoms with Crippen molar-refractivity contribution in [1.82, 2.24) is 4.57 Å². The summed E-state index contributed by atoms with van der Waals surface area (Å²) < 4.78 is 1.71. The minimum atomic E-state index is -0.0949. The van der Waals surface area contributed by atoms with Gasteiger partial charge in [0.05, 0.1) is 5.52 Å². The Morgan fingerprint density at radius 3 is 2.42 bits per heavy atom. The van der Waals surface area contributed by atoms with Crippen LogP contribution in [-0.4, -0.2) is 10.5 Å². The SMILES string of the molecule is Cc1ccc(NC(=O)CCn2c(=O)cc(C)c3cccc(C)c32)cc1C. The number of benzene rings is 2. The lowest BCUT2D eigenvalue weighted by Crippen LogP contribution is -2.24. The van der Waals surface area contributed by atoms with E-state index in [0.29, 0.717) is 6.54 Å². The summed E-state index contributed by atoms with van der Waals surface area (Å²) in [7, 11) is 0. The number of aryl methyl sites for hydroxylation is 5. The summed E-state index contributed by atoms with van der Waals surface area (Å²) in [4.78, 5) is 24.8. The van der Waals surface area contributed by atoms with Crippen LogP contribution in [0.3, 0.4) is 0 Å². The molecule has 1 N–H and O–H groups in total. The Morgan fingerprint density at radius 2 is 1.69 bits per heavy atom. The van der Waals surface area contributed by atoms with Gasteiger partial charge in [-0.05, 0) is 62.1 Å². The van der Waals surface area contributed by atoms with Gasteiger partial charge in [0.1, 0.15) is 0 Å². The molecule has 0 aliphatic rings. The number of rotatable bonds is 4. The number of nitrogens with one attached hydrogen (secondary N) is 1. The van der Waals surface area contributed by atoms with Crippen molar-refractivity contribution in [3.63, 3.8) is 0 Å². The van der Waals surface area contributed by atoms with Gasteiger partial charge in [0, 0.05) is 30.1 Å². The molecule has 0 aliphatic heterocycles. The normalized spacial score (nSPS) is 10.9. The Kier molecular flexibility index (Phi) is 4.94. The van der Waals surface area contributed by atoms with Crippen molar-refractivity contribution in [2.75, 3.05) is 5.32 Å². The van der Waals surface area contributed by atoms with Crippen LogP contribution in [0.4, 0.5) is 5.69 Å². The minimum absolute atomic E-state index is 0.0664. The third kappa shape index (κ3) is 3.54. The highest BCUT2D eigenvalue weighted by Gasteiger charge is 2.11. The molecule has 0 radical (unpaired) electrons. The summed E-state index contributed by atoms with van der Waals surface area (Å²) in [6.45, 7) is 8.36. The van der Waals surface area contributed by atoms with Crippen molar-refractivity contribution in [2.24, 2.45) is 0 Å². The van der Waals surface area contributed by atoms with Crippen molar-refractivity contribution < 1.29 is 4.79 Å². The average Bonchev–Trinajstić information content (AvgIpc) is 2.58. The van der Waals surface area contributed by atoms with E-state index in [1.54, 1.807) is 10.6 Å². The number of hydrogen-bond acceptors (Lipinski definition) is 2. The van der Waals surface area contributed by atoms with E-state index >= 15 is 0 Å². The molecule has 4 heteroatoms. The first-order chi connectivity index (χ1) is 12.4. The summed E-state index contributed by atoms with van der Waals surface area (Å²) in [5.41, 5.74) is 5.97. The molecule has 0 fully saturated rings. The van der Waals surface area contributed by atoms with Gasteiger partial charge >= 0.3 is 0 Å². The van der Waals surface area contributed by atoms with Crippen molar-refractivity contribution in [3.05, 3.63) is 75.1 Å². The van der Waals surface area contributed by atoms with E-state index in [-0.39, 0.29) is 17.9 Å². The van der Waals surface area contributed by atoms with Crippen molar-refractivity contribution in [2.45, 2.75) is 40.7 Å². The largest absolute Gasteiger partial charge is 0.326 e. The fourth-order valence-electron chi connectivity index (χ4n) is 3.26. The molecule has 26 heavy (non-hydrogen) atoms. The van der Waals surface area contributed by atoms with E-state index in [0.717, 1.165) is 33.3 Å². The van der Waals surface area contributed by atoms with Crippen LogP contribution < -0.4 is 10.9 Å². The number of carbonyl (C=O) groups is 1. The topological polar surface area (TPSA) is 51.1 Å². The summed E-state index contributed by atoms with van der Waals surface area (Å²) >= 11 is 0. The third-order valence-electron chi connectivity index (χ3n) is 4.89. The van der Waals surface area contributed by atoms with Crippen LogP contribution in [0.5, 0.6) is 0 Å². The number of amides is 1. The summed E-state index contributed by atoms with van der Waals surface area (Å²) in [6.07, 6.45) is 0.249. The highest BCUT2D eigenvalue weighted by molar-refractivity contribution is 5.91. The standard InChI is InChI=1S/C22H24N2O2/c1-14-8-9-18(12-16(14)3)23-20(25)10-11-24-21(26)13-17(4)19-7-5-6-15(2)22(19)24/h5-9,12-13H,10-11H2,1-4H3,(H,23,25). The zero-order valence-corrected chi connectivity index (χ0v) is 15.7. The number of aromatic nitrogens is 1. The number of carbonyl (C=O) groups excluding carboxylic acids is 1. The number of fused-ring (bicyclic) bond motifs is 1. The summed E-state index contributed by atoms with van der Waals surface area (Å²) in [5.74, 6) is -0.0949. The molecule has 2 aromatic carbocycles. The zero-order chi connectivity index (χ0) is 18.8. The van der Waals surface area contributed by atoms with Crippen LogP contribution in [0.2, 0.25) is 0 Å². The maximum atomic E-state index is 12.5. The van der Waals surface area contributed by atoms with Gasteiger partial charge in [-0.25, -0.2) is 0 Å². The molecule has 0 unspecified atom stereocenters. The Balaban J connectivity index is 1.82. The first-order valence-electron chi connectivity index (χ1n) is 8.83. The maximum Gasteiger partial charge on any atom is 0.251 e. The summed E-state index contributed by atoms with van der Waals surface area (Å²) in [6, 6.07) is 13.5. The van der Waals surface area contributed by atoms with Gasteiger partial charge in [0.2, 0.25) is 5.91 Å². The quantitative estimate of drug-likeness (QED) is 0.766. The van der Waals surface area contributed by atoms with Crippen molar-refractivity contribution in [3.8, 4) is 0 Å². The van der Waals surface area contributed by atoms with Gasteiger partial charge < -0.3 is 9.88 Å². The fourth-order valence-corrected chi connectivity index (χ4v) is 3.26. The molecular formula is C22H24N2O2. The molecule has 0 saturated carbocycles.